The molecule has 3 aliphatic rings. The highest BCUT2D eigenvalue weighted by atomic mass is 16.7. The van der Waals surface area contributed by atoms with E-state index in [-0.39, 0.29) is 5.54 Å². The van der Waals surface area contributed by atoms with Crippen LogP contribution in [-0.2, 0) is 12.1 Å². The maximum atomic E-state index is 5.56. The van der Waals surface area contributed by atoms with Crippen LogP contribution in [-0.4, -0.2) is 31.3 Å². The third kappa shape index (κ3) is 2.38. The van der Waals surface area contributed by atoms with E-state index in [2.05, 4.69) is 36.2 Å². The van der Waals surface area contributed by atoms with Crippen molar-refractivity contribution in [1.29, 1.82) is 0 Å². The Morgan fingerprint density at radius 3 is 2.68 bits per heavy atom. The molecule has 0 aromatic heterocycles. The highest BCUT2D eigenvalue weighted by Gasteiger charge is 2.38. The number of ether oxygens (including phenoxy) is 2. The van der Waals surface area contributed by atoms with Crippen molar-refractivity contribution >= 4 is 0 Å². The van der Waals surface area contributed by atoms with Crippen molar-refractivity contribution in [2.24, 2.45) is 5.92 Å². The van der Waals surface area contributed by atoms with Gasteiger partial charge >= 0.3 is 0 Å². The number of piperidine rings is 1. The number of nitrogens with one attached hydrogen (secondary N) is 1. The molecule has 1 aromatic rings. The first kappa shape index (κ1) is 14.3. The van der Waals surface area contributed by atoms with E-state index in [9.17, 15) is 0 Å². The highest BCUT2D eigenvalue weighted by molar-refractivity contribution is 5.52. The van der Waals surface area contributed by atoms with Crippen LogP contribution < -0.4 is 14.8 Å². The van der Waals surface area contributed by atoms with E-state index >= 15 is 0 Å². The Kier molecular flexibility index (Phi) is 3.54. The van der Waals surface area contributed by atoms with Crippen LogP contribution in [0.4, 0.5) is 0 Å². The van der Waals surface area contributed by atoms with Crippen LogP contribution >= 0.6 is 0 Å². The summed E-state index contributed by atoms with van der Waals surface area (Å²) in [6.45, 7) is 9.62. The average molecular weight is 302 g/mol. The molecule has 0 saturated carbocycles. The molecule has 0 bridgehead atoms. The van der Waals surface area contributed by atoms with Crippen LogP contribution in [0.5, 0.6) is 11.5 Å². The Bertz CT molecular complexity index is 564. The van der Waals surface area contributed by atoms with Crippen molar-refractivity contribution < 1.29 is 9.47 Å². The molecule has 4 heteroatoms. The molecule has 22 heavy (non-hydrogen) atoms. The molecule has 1 saturated heterocycles. The molecule has 3 aliphatic heterocycles. The Labute approximate surface area is 132 Å². The molecule has 3 heterocycles. The molecule has 0 radical (unpaired) electrons. The standard InChI is InChI=1S/C18H26N2O2/c1-18(2)15-10-17-16(21-12-22-17)9-14(15)11-20(18)8-5-13-3-6-19-7-4-13/h9-10,13,19H,3-8,11-12H2,1-2H3. The third-order valence-electron chi connectivity index (χ3n) is 5.68. The van der Waals surface area contributed by atoms with Crippen LogP contribution in [0.15, 0.2) is 12.1 Å². The van der Waals surface area contributed by atoms with Crippen molar-refractivity contribution in [1.82, 2.24) is 10.2 Å². The summed E-state index contributed by atoms with van der Waals surface area (Å²) in [6, 6.07) is 4.38. The number of benzene rings is 1. The lowest BCUT2D eigenvalue weighted by Crippen LogP contribution is -2.37. The van der Waals surface area contributed by atoms with E-state index in [0.29, 0.717) is 6.79 Å². The van der Waals surface area contributed by atoms with Gasteiger partial charge in [0.15, 0.2) is 11.5 Å². The van der Waals surface area contributed by atoms with Crippen molar-refractivity contribution in [3.8, 4) is 11.5 Å². The predicted octanol–water partition coefficient (Wildman–Crippen LogP) is 2.86. The minimum Gasteiger partial charge on any atom is -0.454 e. The van der Waals surface area contributed by atoms with Gasteiger partial charge in [0.1, 0.15) is 0 Å². The largest absolute Gasteiger partial charge is 0.454 e. The lowest BCUT2D eigenvalue weighted by molar-refractivity contribution is 0.122. The highest BCUT2D eigenvalue weighted by Crippen LogP contribution is 2.45. The first-order chi connectivity index (χ1) is 10.6. The fourth-order valence-electron chi connectivity index (χ4n) is 4.13. The smallest absolute Gasteiger partial charge is 0.231 e. The van der Waals surface area contributed by atoms with Gasteiger partial charge in [-0.1, -0.05) is 0 Å². The molecule has 120 valence electrons. The van der Waals surface area contributed by atoms with Crippen molar-refractivity contribution in [2.45, 2.75) is 45.2 Å². The summed E-state index contributed by atoms with van der Waals surface area (Å²) >= 11 is 0. The van der Waals surface area contributed by atoms with Gasteiger partial charge < -0.3 is 14.8 Å². The van der Waals surface area contributed by atoms with E-state index < -0.39 is 0 Å². The summed E-state index contributed by atoms with van der Waals surface area (Å²) < 4.78 is 11.1. The molecule has 0 unspecified atom stereocenters. The maximum Gasteiger partial charge on any atom is 0.231 e. The summed E-state index contributed by atoms with van der Waals surface area (Å²) in [5.41, 5.74) is 2.89. The Morgan fingerprint density at radius 1 is 1.18 bits per heavy atom. The molecule has 0 atom stereocenters. The normalized spacial score (nSPS) is 23.7. The van der Waals surface area contributed by atoms with Gasteiger partial charge in [-0.15, -0.1) is 0 Å². The van der Waals surface area contributed by atoms with E-state index in [1.165, 1.54) is 50.0 Å². The monoisotopic (exact) mass is 302 g/mol. The topological polar surface area (TPSA) is 33.7 Å². The summed E-state index contributed by atoms with van der Waals surface area (Å²) in [4.78, 5) is 2.62. The van der Waals surface area contributed by atoms with Crippen LogP contribution in [0, 0.1) is 5.92 Å². The Morgan fingerprint density at radius 2 is 1.91 bits per heavy atom. The van der Waals surface area contributed by atoms with Crippen LogP contribution in [0.2, 0.25) is 0 Å². The molecule has 0 spiro atoms. The zero-order valence-electron chi connectivity index (χ0n) is 13.7. The van der Waals surface area contributed by atoms with Gasteiger partial charge in [-0.3, -0.25) is 4.90 Å². The van der Waals surface area contributed by atoms with Crippen LogP contribution in [0.3, 0.4) is 0 Å². The number of hydrogen-bond acceptors (Lipinski definition) is 4. The lowest BCUT2D eigenvalue weighted by atomic mass is 9.91. The summed E-state index contributed by atoms with van der Waals surface area (Å²) in [6.07, 6.45) is 3.97. The van der Waals surface area contributed by atoms with Crippen LogP contribution in [0.25, 0.3) is 0 Å². The molecule has 0 aliphatic carbocycles. The fraction of sp³-hybridized carbons (Fsp3) is 0.667. The second-order valence-electron chi connectivity index (χ2n) is 7.33. The van der Waals surface area contributed by atoms with E-state index in [1.54, 1.807) is 0 Å². The van der Waals surface area contributed by atoms with E-state index in [1.807, 2.05) is 0 Å². The number of hydrogen-bond donors (Lipinski definition) is 1. The average Bonchev–Trinajstić information content (AvgIpc) is 3.07. The molecule has 0 amide bonds. The molecular formula is C18H26N2O2. The second-order valence-corrected chi connectivity index (χ2v) is 7.33. The van der Waals surface area contributed by atoms with Gasteiger partial charge in [0.05, 0.1) is 0 Å². The number of rotatable bonds is 3. The third-order valence-corrected chi connectivity index (χ3v) is 5.68. The molecule has 4 nitrogen and oxygen atoms in total. The number of nitrogens with zero attached hydrogens (tertiary/aromatic N) is 1. The lowest BCUT2D eigenvalue weighted by Gasteiger charge is -2.34. The van der Waals surface area contributed by atoms with Crippen molar-refractivity contribution in [3.63, 3.8) is 0 Å². The minimum atomic E-state index is 0.0865. The second kappa shape index (κ2) is 5.43. The van der Waals surface area contributed by atoms with Gasteiger partial charge in [0, 0.05) is 12.1 Å². The first-order valence-electron chi connectivity index (χ1n) is 8.53. The van der Waals surface area contributed by atoms with Crippen molar-refractivity contribution in [2.75, 3.05) is 26.4 Å². The maximum absolute atomic E-state index is 5.56. The van der Waals surface area contributed by atoms with Gasteiger partial charge in [-0.05, 0) is 81.9 Å². The van der Waals surface area contributed by atoms with E-state index in [0.717, 1.165) is 24.0 Å². The molecule has 1 N–H and O–H groups in total. The molecule has 1 aromatic carbocycles. The number of fused-ring (bicyclic) bond motifs is 2. The SMILES string of the molecule is CC1(C)c2cc3c(cc2CN1CCC1CCNCC1)OCO3. The molecule has 4 rings (SSSR count). The van der Waals surface area contributed by atoms with Gasteiger partial charge in [0.25, 0.3) is 0 Å². The molecular weight excluding hydrogens is 276 g/mol. The van der Waals surface area contributed by atoms with Crippen molar-refractivity contribution in [3.05, 3.63) is 23.3 Å². The summed E-state index contributed by atoms with van der Waals surface area (Å²) in [7, 11) is 0. The zero-order valence-corrected chi connectivity index (χ0v) is 13.7. The Balaban J connectivity index is 1.48. The predicted molar refractivity (Wildman–Crippen MR) is 86.2 cm³/mol. The zero-order chi connectivity index (χ0) is 15.2. The fourth-order valence-corrected chi connectivity index (χ4v) is 4.13. The summed E-state index contributed by atoms with van der Waals surface area (Å²) in [5, 5.41) is 3.46. The van der Waals surface area contributed by atoms with E-state index in [4.69, 9.17) is 9.47 Å². The van der Waals surface area contributed by atoms with Gasteiger partial charge in [-0.2, -0.15) is 0 Å². The molecule has 1 fully saturated rings. The van der Waals surface area contributed by atoms with Gasteiger partial charge in [-0.25, -0.2) is 0 Å². The Hall–Kier alpha value is -1.26. The van der Waals surface area contributed by atoms with Gasteiger partial charge in [0.2, 0.25) is 6.79 Å². The first-order valence-corrected chi connectivity index (χ1v) is 8.53. The summed E-state index contributed by atoms with van der Waals surface area (Å²) in [5.74, 6) is 2.71. The quantitative estimate of drug-likeness (QED) is 0.931. The minimum absolute atomic E-state index is 0.0865. The van der Waals surface area contributed by atoms with Crippen LogP contribution in [0.1, 0.15) is 44.2 Å².